The van der Waals surface area contributed by atoms with Crippen molar-refractivity contribution in [3.05, 3.63) is 0 Å². The molecule has 2 fully saturated rings. The van der Waals surface area contributed by atoms with Crippen LogP contribution in [0.1, 0.15) is 39.5 Å². The number of amides is 3. The van der Waals surface area contributed by atoms with E-state index in [0.29, 0.717) is 25.7 Å². The summed E-state index contributed by atoms with van der Waals surface area (Å²) in [6, 6.07) is 0.172. The molecule has 20 heavy (non-hydrogen) atoms. The standard InChI is InChI=1S/C14H25N3O3/c1-14(2)12(19)17(13(20)15-14)8-7-16(9-10-18)11-5-3-4-6-11/h11,18H,3-10H2,1-2H3,(H,15,20). The number of carbonyl (C=O) groups is 2. The molecule has 0 aromatic heterocycles. The number of nitrogens with one attached hydrogen (secondary N) is 1. The first-order valence-corrected chi connectivity index (χ1v) is 7.45. The Morgan fingerprint density at radius 2 is 1.95 bits per heavy atom. The van der Waals surface area contributed by atoms with Gasteiger partial charge < -0.3 is 10.4 Å². The highest BCUT2D eigenvalue weighted by atomic mass is 16.3. The molecule has 0 aromatic rings. The molecule has 0 atom stereocenters. The molecule has 6 heteroatoms. The third-order valence-corrected chi connectivity index (χ3v) is 4.28. The van der Waals surface area contributed by atoms with Crippen molar-refractivity contribution in [1.29, 1.82) is 0 Å². The van der Waals surface area contributed by atoms with Gasteiger partial charge in [0.1, 0.15) is 5.54 Å². The third kappa shape index (κ3) is 3.12. The van der Waals surface area contributed by atoms with Crippen LogP contribution in [0.4, 0.5) is 4.79 Å². The average Bonchev–Trinajstić information content (AvgIpc) is 2.95. The van der Waals surface area contributed by atoms with Gasteiger partial charge in [-0.1, -0.05) is 12.8 Å². The molecule has 114 valence electrons. The minimum atomic E-state index is -0.799. The second kappa shape index (κ2) is 6.10. The van der Waals surface area contributed by atoms with Gasteiger partial charge in [0.05, 0.1) is 6.61 Å². The molecule has 0 unspecified atom stereocenters. The largest absolute Gasteiger partial charge is 0.395 e. The lowest BCUT2D eigenvalue weighted by atomic mass is 10.1. The number of carbonyl (C=O) groups excluding carboxylic acids is 2. The van der Waals surface area contributed by atoms with E-state index in [2.05, 4.69) is 10.2 Å². The van der Waals surface area contributed by atoms with Gasteiger partial charge in [-0.2, -0.15) is 0 Å². The Morgan fingerprint density at radius 3 is 2.45 bits per heavy atom. The van der Waals surface area contributed by atoms with Crippen LogP contribution in [0.25, 0.3) is 0 Å². The summed E-state index contributed by atoms with van der Waals surface area (Å²) < 4.78 is 0. The zero-order chi connectivity index (χ0) is 14.8. The van der Waals surface area contributed by atoms with Gasteiger partial charge in [0.2, 0.25) is 0 Å². The summed E-state index contributed by atoms with van der Waals surface area (Å²) in [5, 5.41) is 11.9. The molecule has 6 nitrogen and oxygen atoms in total. The second-order valence-electron chi connectivity index (χ2n) is 6.21. The van der Waals surface area contributed by atoms with Crippen LogP contribution in [0.3, 0.4) is 0 Å². The monoisotopic (exact) mass is 283 g/mol. The zero-order valence-corrected chi connectivity index (χ0v) is 12.4. The number of aliphatic hydroxyl groups excluding tert-OH is 1. The maximum atomic E-state index is 12.1. The van der Waals surface area contributed by atoms with Gasteiger partial charge in [0.25, 0.3) is 5.91 Å². The fourth-order valence-corrected chi connectivity index (χ4v) is 3.12. The number of hydrogen-bond acceptors (Lipinski definition) is 4. The van der Waals surface area contributed by atoms with Crippen molar-refractivity contribution in [3.8, 4) is 0 Å². The van der Waals surface area contributed by atoms with Crippen LogP contribution in [0.15, 0.2) is 0 Å². The predicted molar refractivity (Wildman–Crippen MR) is 75.2 cm³/mol. The Bertz CT molecular complexity index is 378. The topological polar surface area (TPSA) is 72.9 Å². The SMILES string of the molecule is CC1(C)NC(=O)N(CCN(CCO)C2CCCC2)C1=O. The maximum Gasteiger partial charge on any atom is 0.325 e. The minimum absolute atomic E-state index is 0.113. The van der Waals surface area contributed by atoms with Crippen molar-refractivity contribution >= 4 is 11.9 Å². The van der Waals surface area contributed by atoms with Crippen molar-refractivity contribution in [2.24, 2.45) is 0 Å². The molecule has 1 aliphatic carbocycles. The number of hydrogen-bond donors (Lipinski definition) is 2. The quantitative estimate of drug-likeness (QED) is 0.698. The van der Waals surface area contributed by atoms with E-state index in [1.807, 2.05) is 0 Å². The summed E-state index contributed by atoms with van der Waals surface area (Å²) in [6.07, 6.45) is 4.74. The van der Waals surface area contributed by atoms with Crippen LogP contribution in [0.2, 0.25) is 0 Å². The van der Waals surface area contributed by atoms with Gasteiger partial charge in [-0.15, -0.1) is 0 Å². The highest BCUT2D eigenvalue weighted by Crippen LogP contribution is 2.23. The second-order valence-corrected chi connectivity index (χ2v) is 6.21. The molecule has 0 spiro atoms. The Morgan fingerprint density at radius 1 is 1.30 bits per heavy atom. The van der Waals surface area contributed by atoms with Crippen molar-refractivity contribution in [1.82, 2.24) is 15.1 Å². The molecular formula is C14H25N3O3. The molecule has 1 saturated heterocycles. The van der Waals surface area contributed by atoms with Gasteiger partial charge in [-0.3, -0.25) is 14.6 Å². The van der Waals surface area contributed by atoms with Crippen molar-refractivity contribution in [2.75, 3.05) is 26.2 Å². The molecule has 1 saturated carbocycles. The maximum absolute atomic E-state index is 12.1. The van der Waals surface area contributed by atoms with Gasteiger partial charge in [0, 0.05) is 25.7 Å². The lowest BCUT2D eigenvalue weighted by Crippen LogP contribution is -2.44. The van der Waals surface area contributed by atoms with E-state index in [0.717, 1.165) is 12.8 Å². The fraction of sp³-hybridized carbons (Fsp3) is 0.857. The van der Waals surface area contributed by atoms with Gasteiger partial charge in [-0.25, -0.2) is 4.79 Å². The molecule has 0 bridgehead atoms. The number of imide groups is 1. The van der Waals surface area contributed by atoms with E-state index in [-0.39, 0.29) is 18.5 Å². The Hall–Kier alpha value is -1.14. The number of nitrogens with zero attached hydrogens (tertiary/aromatic N) is 2. The summed E-state index contributed by atoms with van der Waals surface area (Å²) in [7, 11) is 0. The number of aliphatic hydroxyl groups is 1. The zero-order valence-electron chi connectivity index (χ0n) is 12.4. The Kier molecular flexibility index (Phi) is 4.65. The van der Waals surface area contributed by atoms with Crippen LogP contribution in [-0.2, 0) is 4.79 Å². The lowest BCUT2D eigenvalue weighted by molar-refractivity contribution is -0.130. The molecule has 2 rings (SSSR count). The van der Waals surface area contributed by atoms with E-state index in [4.69, 9.17) is 0 Å². The van der Waals surface area contributed by atoms with Gasteiger partial charge in [-0.05, 0) is 26.7 Å². The highest BCUT2D eigenvalue weighted by molar-refractivity contribution is 6.06. The Labute approximate surface area is 120 Å². The lowest BCUT2D eigenvalue weighted by Gasteiger charge is -2.29. The van der Waals surface area contributed by atoms with Crippen molar-refractivity contribution in [2.45, 2.75) is 51.1 Å². The molecular weight excluding hydrogens is 258 g/mol. The van der Waals surface area contributed by atoms with Crippen molar-refractivity contribution < 1.29 is 14.7 Å². The fourth-order valence-electron chi connectivity index (χ4n) is 3.12. The predicted octanol–water partition coefficient (Wildman–Crippen LogP) is 0.554. The van der Waals surface area contributed by atoms with Crippen molar-refractivity contribution in [3.63, 3.8) is 0 Å². The molecule has 0 aromatic carbocycles. The van der Waals surface area contributed by atoms with Gasteiger partial charge >= 0.3 is 6.03 Å². The third-order valence-electron chi connectivity index (χ3n) is 4.28. The Balaban J connectivity index is 1.92. The van der Waals surface area contributed by atoms with E-state index >= 15 is 0 Å². The summed E-state index contributed by atoms with van der Waals surface area (Å²) in [6.45, 7) is 5.19. The highest BCUT2D eigenvalue weighted by Gasteiger charge is 2.44. The minimum Gasteiger partial charge on any atom is -0.395 e. The molecule has 1 heterocycles. The summed E-state index contributed by atoms with van der Waals surface area (Å²) in [5.41, 5.74) is -0.799. The summed E-state index contributed by atoms with van der Waals surface area (Å²) >= 11 is 0. The van der Waals surface area contributed by atoms with E-state index in [1.165, 1.54) is 17.7 Å². The smallest absolute Gasteiger partial charge is 0.325 e. The van der Waals surface area contributed by atoms with Crippen LogP contribution in [-0.4, -0.2) is 64.7 Å². The van der Waals surface area contributed by atoms with Crippen LogP contribution >= 0.6 is 0 Å². The molecule has 2 aliphatic rings. The summed E-state index contributed by atoms with van der Waals surface area (Å²) in [5.74, 6) is -0.169. The molecule has 1 aliphatic heterocycles. The average molecular weight is 283 g/mol. The van der Waals surface area contributed by atoms with E-state index in [9.17, 15) is 14.7 Å². The number of rotatable bonds is 6. The van der Waals surface area contributed by atoms with Crippen LogP contribution in [0.5, 0.6) is 0 Å². The van der Waals surface area contributed by atoms with Gasteiger partial charge in [0.15, 0.2) is 0 Å². The first-order chi connectivity index (χ1) is 9.45. The van der Waals surface area contributed by atoms with E-state index in [1.54, 1.807) is 13.8 Å². The first-order valence-electron chi connectivity index (χ1n) is 7.45. The van der Waals surface area contributed by atoms with Crippen LogP contribution in [0, 0.1) is 0 Å². The van der Waals surface area contributed by atoms with E-state index < -0.39 is 5.54 Å². The molecule has 2 N–H and O–H groups in total. The molecule has 3 amide bonds. The number of urea groups is 1. The summed E-state index contributed by atoms with van der Waals surface area (Å²) in [4.78, 5) is 27.4. The molecule has 0 radical (unpaired) electrons. The first kappa shape index (κ1) is 15.3. The van der Waals surface area contributed by atoms with Crippen LogP contribution < -0.4 is 5.32 Å². The normalized spacial score (nSPS) is 22.9.